The van der Waals surface area contributed by atoms with E-state index < -0.39 is 0 Å². The summed E-state index contributed by atoms with van der Waals surface area (Å²) >= 11 is 4.78. The maximum absolute atomic E-state index is 4.78. The van der Waals surface area contributed by atoms with E-state index in [0.29, 0.717) is 0 Å². The van der Waals surface area contributed by atoms with Crippen molar-refractivity contribution in [2.24, 2.45) is 0 Å². The summed E-state index contributed by atoms with van der Waals surface area (Å²) in [4.78, 5) is 0.981. The highest BCUT2D eigenvalue weighted by atomic mass is 32.1. The van der Waals surface area contributed by atoms with Gasteiger partial charge in [0, 0.05) is 13.0 Å². The molecule has 1 radical (unpaired) electrons. The zero-order valence-electron chi connectivity index (χ0n) is 3.40. The van der Waals surface area contributed by atoms with Crippen LogP contribution in [0.3, 0.4) is 0 Å². The van der Waals surface area contributed by atoms with Crippen molar-refractivity contribution < 1.29 is 0 Å². The highest BCUT2D eigenvalue weighted by Gasteiger charge is 2.01. The number of hydrogen-bond donors (Lipinski definition) is 1. The molecule has 0 aromatic heterocycles. The van der Waals surface area contributed by atoms with Gasteiger partial charge in [-0.2, -0.15) is 0 Å². The Labute approximate surface area is 42.7 Å². The molecule has 1 nitrogen and oxygen atoms in total. The van der Waals surface area contributed by atoms with Crippen molar-refractivity contribution in [2.45, 2.75) is 6.42 Å². The molecule has 0 aliphatic carbocycles. The molecule has 1 aliphatic heterocycles. The van der Waals surface area contributed by atoms with E-state index in [1.165, 1.54) is 0 Å². The Bertz CT molecular complexity index is 61.9. The highest BCUT2D eigenvalue weighted by molar-refractivity contribution is 7.80. The lowest BCUT2D eigenvalue weighted by atomic mass is 10.4. The van der Waals surface area contributed by atoms with Crippen LogP contribution in [0.4, 0.5) is 0 Å². The van der Waals surface area contributed by atoms with E-state index in [1.807, 2.05) is 0 Å². The van der Waals surface area contributed by atoms with Crippen molar-refractivity contribution in [3.05, 3.63) is 6.42 Å². The fourth-order valence-electron chi connectivity index (χ4n) is 0.461. The fraction of sp³-hybridized carbons (Fsp3) is 0.500. The Balaban J connectivity index is 2.37. The normalized spacial score (nSPS) is 21.0. The first-order chi connectivity index (χ1) is 2.89. The molecule has 1 fully saturated rings. The predicted octanol–water partition coefficient (Wildman–Crippen LogP) is 0.511. The summed E-state index contributed by atoms with van der Waals surface area (Å²) in [5, 5.41) is 3.00. The van der Waals surface area contributed by atoms with Crippen LogP contribution in [0.25, 0.3) is 0 Å². The average molecular weight is 100 g/mol. The van der Waals surface area contributed by atoms with Crippen LogP contribution in [0.5, 0.6) is 0 Å². The van der Waals surface area contributed by atoms with E-state index in [2.05, 4.69) is 11.7 Å². The lowest BCUT2D eigenvalue weighted by Gasteiger charge is -1.84. The van der Waals surface area contributed by atoms with Gasteiger partial charge in [0.1, 0.15) is 0 Å². The molecule has 1 aliphatic rings. The third-order valence-electron chi connectivity index (χ3n) is 0.773. The quantitative estimate of drug-likeness (QED) is 0.445. The second kappa shape index (κ2) is 1.56. The summed E-state index contributed by atoms with van der Waals surface area (Å²) in [6.45, 7) is 0.971. The minimum absolute atomic E-state index is 0.971. The topological polar surface area (TPSA) is 12.0 Å². The van der Waals surface area contributed by atoms with Gasteiger partial charge in [-0.05, 0) is 6.42 Å². The smallest absolute Gasteiger partial charge is 0.0757 e. The Morgan fingerprint density at radius 1 is 1.83 bits per heavy atom. The molecule has 0 unspecified atom stereocenters. The van der Waals surface area contributed by atoms with Crippen LogP contribution in [0.1, 0.15) is 6.42 Å². The van der Waals surface area contributed by atoms with Crippen molar-refractivity contribution in [1.82, 2.24) is 5.32 Å². The van der Waals surface area contributed by atoms with Gasteiger partial charge in [-0.25, -0.2) is 0 Å². The molecule has 0 atom stereocenters. The van der Waals surface area contributed by atoms with Crippen molar-refractivity contribution in [3.63, 3.8) is 0 Å². The van der Waals surface area contributed by atoms with Crippen LogP contribution in [-0.2, 0) is 0 Å². The summed E-state index contributed by atoms with van der Waals surface area (Å²) < 4.78 is 0. The second-order valence-corrected chi connectivity index (χ2v) is 1.79. The summed E-state index contributed by atoms with van der Waals surface area (Å²) in [6, 6.07) is 0. The Kier molecular flexibility index (Phi) is 1.05. The van der Waals surface area contributed by atoms with Crippen LogP contribution in [0.15, 0.2) is 0 Å². The highest BCUT2D eigenvalue weighted by Crippen LogP contribution is 1.94. The molecule has 0 saturated carbocycles. The first-order valence-electron chi connectivity index (χ1n) is 1.98. The molecule has 2 heteroatoms. The van der Waals surface area contributed by atoms with E-state index in [0.717, 1.165) is 18.0 Å². The minimum Gasteiger partial charge on any atom is -0.379 e. The first kappa shape index (κ1) is 4.06. The standard InChI is InChI=1S/C4H6NS/c6-4-2-1-3-5-4/h1H,2-3H2,(H,5,6). The molecule has 0 bridgehead atoms. The molecule has 1 saturated heterocycles. The lowest BCUT2D eigenvalue weighted by molar-refractivity contribution is 1.07. The molecule has 0 aromatic rings. The molecule has 6 heavy (non-hydrogen) atoms. The largest absolute Gasteiger partial charge is 0.379 e. The number of nitrogens with one attached hydrogen (secondary N) is 1. The van der Waals surface area contributed by atoms with Crippen LogP contribution in [0.2, 0.25) is 0 Å². The minimum atomic E-state index is 0.971. The molecule has 0 spiro atoms. The maximum atomic E-state index is 4.78. The summed E-state index contributed by atoms with van der Waals surface area (Å²) in [7, 11) is 0. The van der Waals surface area contributed by atoms with Gasteiger partial charge in [0.2, 0.25) is 0 Å². The zero-order valence-corrected chi connectivity index (χ0v) is 4.22. The monoisotopic (exact) mass is 100 g/mol. The Morgan fingerprint density at radius 2 is 2.67 bits per heavy atom. The van der Waals surface area contributed by atoms with Gasteiger partial charge in [0.25, 0.3) is 0 Å². The van der Waals surface area contributed by atoms with Gasteiger partial charge in [-0.3, -0.25) is 0 Å². The van der Waals surface area contributed by atoms with Crippen LogP contribution in [-0.4, -0.2) is 11.5 Å². The molecule has 33 valence electrons. The van der Waals surface area contributed by atoms with E-state index in [-0.39, 0.29) is 0 Å². The van der Waals surface area contributed by atoms with Gasteiger partial charge < -0.3 is 5.32 Å². The van der Waals surface area contributed by atoms with E-state index in [9.17, 15) is 0 Å². The van der Waals surface area contributed by atoms with Gasteiger partial charge in [0.15, 0.2) is 0 Å². The summed E-state index contributed by atoms with van der Waals surface area (Å²) in [5.74, 6) is 0. The third-order valence-corrected chi connectivity index (χ3v) is 1.08. The van der Waals surface area contributed by atoms with Crippen LogP contribution in [0, 0.1) is 6.42 Å². The molecule has 1 N–H and O–H groups in total. The predicted molar refractivity (Wildman–Crippen MR) is 29.5 cm³/mol. The Morgan fingerprint density at radius 3 is 2.83 bits per heavy atom. The molecular formula is C4H6NS. The first-order valence-corrected chi connectivity index (χ1v) is 2.39. The van der Waals surface area contributed by atoms with Gasteiger partial charge in [-0.15, -0.1) is 0 Å². The second-order valence-electron chi connectivity index (χ2n) is 1.30. The van der Waals surface area contributed by atoms with Crippen molar-refractivity contribution in [3.8, 4) is 0 Å². The van der Waals surface area contributed by atoms with E-state index >= 15 is 0 Å². The van der Waals surface area contributed by atoms with Crippen molar-refractivity contribution in [1.29, 1.82) is 0 Å². The summed E-state index contributed by atoms with van der Waals surface area (Å²) in [6.07, 6.45) is 3.11. The maximum Gasteiger partial charge on any atom is 0.0757 e. The number of hydrogen-bond acceptors (Lipinski definition) is 1. The Hall–Kier alpha value is -0.110. The summed E-state index contributed by atoms with van der Waals surface area (Å²) in [5.41, 5.74) is 0. The van der Waals surface area contributed by atoms with Gasteiger partial charge in [0.05, 0.1) is 4.99 Å². The van der Waals surface area contributed by atoms with E-state index in [4.69, 9.17) is 12.2 Å². The fourth-order valence-corrected chi connectivity index (χ4v) is 0.663. The third kappa shape index (κ3) is 0.684. The number of rotatable bonds is 0. The van der Waals surface area contributed by atoms with Gasteiger partial charge in [-0.1, -0.05) is 12.2 Å². The van der Waals surface area contributed by atoms with Crippen LogP contribution < -0.4 is 5.32 Å². The van der Waals surface area contributed by atoms with E-state index in [1.54, 1.807) is 0 Å². The SMILES string of the molecule is S=C1C[CH]CN1. The van der Waals surface area contributed by atoms with Crippen LogP contribution >= 0.6 is 12.2 Å². The van der Waals surface area contributed by atoms with Crippen molar-refractivity contribution >= 4 is 17.2 Å². The molecule has 0 amide bonds. The number of thiocarbonyl (C=S) groups is 1. The van der Waals surface area contributed by atoms with Gasteiger partial charge >= 0.3 is 0 Å². The zero-order chi connectivity index (χ0) is 4.41. The average Bonchev–Trinajstić information content (AvgIpc) is 1.86. The molecule has 1 heterocycles. The van der Waals surface area contributed by atoms with Crippen molar-refractivity contribution in [2.75, 3.05) is 6.54 Å². The lowest BCUT2D eigenvalue weighted by Crippen LogP contribution is -2.10. The molecular weight excluding hydrogens is 94.1 g/mol. The molecule has 0 aromatic carbocycles. The molecule has 1 rings (SSSR count).